The van der Waals surface area contributed by atoms with Crippen molar-refractivity contribution in [2.45, 2.75) is 44.6 Å². The number of carbonyl (C=O) groups is 2. The molecule has 3 N–H and O–H groups in total. The second kappa shape index (κ2) is 7.82. The van der Waals surface area contributed by atoms with Crippen LogP contribution in [0.15, 0.2) is 24.3 Å². The molecule has 1 aliphatic rings. The van der Waals surface area contributed by atoms with Gasteiger partial charge in [0, 0.05) is 11.3 Å². The highest BCUT2D eigenvalue weighted by atomic mass is 16.5. The molecule has 0 aliphatic heterocycles. The largest absolute Gasteiger partial charge is 0.467 e. The molecule has 0 heterocycles. The van der Waals surface area contributed by atoms with Crippen molar-refractivity contribution >= 4 is 17.6 Å². The number of rotatable bonds is 5. The lowest BCUT2D eigenvalue weighted by molar-refractivity contribution is -0.143. The minimum Gasteiger partial charge on any atom is -0.467 e. The highest BCUT2D eigenvalue weighted by Crippen LogP contribution is 2.27. The second-order valence-electron chi connectivity index (χ2n) is 5.91. The van der Waals surface area contributed by atoms with Gasteiger partial charge in [-0.1, -0.05) is 38.2 Å². The lowest BCUT2D eigenvalue weighted by Gasteiger charge is -2.25. The average Bonchev–Trinajstić information content (AvgIpc) is 2.54. The van der Waals surface area contributed by atoms with Crippen molar-refractivity contribution in [2.24, 2.45) is 5.92 Å². The van der Waals surface area contributed by atoms with Crippen molar-refractivity contribution in [2.75, 3.05) is 12.8 Å². The maximum atomic E-state index is 12.3. The van der Waals surface area contributed by atoms with Crippen molar-refractivity contribution in [3.63, 3.8) is 0 Å². The van der Waals surface area contributed by atoms with Gasteiger partial charge in [-0.2, -0.15) is 0 Å². The molecule has 1 aromatic carbocycles. The van der Waals surface area contributed by atoms with Gasteiger partial charge in [0.05, 0.1) is 7.11 Å². The van der Waals surface area contributed by atoms with E-state index in [-0.39, 0.29) is 11.9 Å². The number of ether oxygens (including phenoxy) is 1. The molecule has 0 bridgehead atoms. The Bertz CT molecular complexity index is 524. The van der Waals surface area contributed by atoms with E-state index in [0.29, 0.717) is 23.6 Å². The Morgan fingerprint density at radius 2 is 2.05 bits per heavy atom. The minimum atomic E-state index is -0.595. The molecule has 0 saturated heterocycles. The van der Waals surface area contributed by atoms with Crippen LogP contribution in [0, 0.1) is 5.92 Å². The number of nitrogens with one attached hydrogen (secondary N) is 1. The fourth-order valence-corrected chi connectivity index (χ4v) is 3.03. The standard InChI is InChI=1S/C17H24N2O3/c1-22-17(21)15(10-12-6-3-2-4-7-12)19-16(20)13-8-5-9-14(18)11-13/h5,8-9,11-12,15H,2-4,6-7,10,18H2,1H3,(H,19,20)/t15-/m1/s1. The summed E-state index contributed by atoms with van der Waals surface area (Å²) in [6.07, 6.45) is 6.52. The first kappa shape index (κ1) is 16.3. The third-order valence-corrected chi connectivity index (χ3v) is 4.23. The van der Waals surface area contributed by atoms with Crippen molar-refractivity contribution in [3.05, 3.63) is 29.8 Å². The van der Waals surface area contributed by atoms with Gasteiger partial charge in [-0.25, -0.2) is 4.79 Å². The summed E-state index contributed by atoms with van der Waals surface area (Å²) in [4.78, 5) is 24.3. The molecule has 120 valence electrons. The van der Waals surface area contributed by atoms with Gasteiger partial charge in [-0.3, -0.25) is 4.79 Å². The fourth-order valence-electron chi connectivity index (χ4n) is 3.03. The first-order valence-electron chi connectivity index (χ1n) is 7.84. The smallest absolute Gasteiger partial charge is 0.328 e. The van der Waals surface area contributed by atoms with Crippen LogP contribution in [0.1, 0.15) is 48.9 Å². The number of hydrogen-bond donors (Lipinski definition) is 2. The Labute approximate surface area is 131 Å². The molecule has 1 atom stereocenters. The third kappa shape index (κ3) is 4.48. The highest BCUT2D eigenvalue weighted by Gasteiger charge is 2.26. The van der Waals surface area contributed by atoms with Gasteiger partial charge in [-0.15, -0.1) is 0 Å². The fraction of sp³-hybridized carbons (Fsp3) is 0.529. The number of nitrogen functional groups attached to an aromatic ring is 1. The van der Waals surface area contributed by atoms with Crippen LogP contribution in [0.3, 0.4) is 0 Å². The summed E-state index contributed by atoms with van der Waals surface area (Å²) in [6.45, 7) is 0. The minimum absolute atomic E-state index is 0.293. The van der Waals surface area contributed by atoms with Crippen molar-refractivity contribution in [1.29, 1.82) is 0 Å². The molecule has 5 nitrogen and oxygen atoms in total. The molecule has 0 radical (unpaired) electrons. The van der Waals surface area contributed by atoms with Crippen LogP contribution in [0.4, 0.5) is 5.69 Å². The Morgan fingerprint density at radius 3 is 2.68 bits per heavy atom. The lowest BCUT2D eigenvalue weighted by Crippen LogP contribution is -2.43. The van der Waals surface area contributed by atoms with Gasteiger partial charge in [0.1, 0.15) is 6.04 Å². The lowest BCUT2D eigenvalue weighted by atomic mass is 9.85. The van der Waals surface area contributed by atoms with Crippen LogP contribution in [0.5, 0.6) is 0 Å². The average molecular weight is 304 g/mol. The highest BCUT2D eigenvalue weighted by molar-refractivity contribution is 5.97. The number of anilines is 1. The van der Waals surface area contributed by atoms with Gasteiger partial charge in [-0.05, 0) is 30.5 Å². The molecule has 5 heteroatoms. The molecule has 0 aromatic heterocycles. The number of hydrogen-bond acceptors (Lipinski definition) is 4. The molecular formula is C17H24N2O3. The Balaban J connectivity index is 2.02. The van der Waals surface area contributed by atoms with Gasteiger partial charge >= 0.3 is 5.97 Å². The van der Waals surface area contributed by atoms with Crippen LogP contribution in [0.25, 0.3) is 0 Å². The summed E-state index contributed by atoms with van der Waals surface area (Å²) in [5.41, 5.74) is 6.67. The van der Waals surface area contributed by atoms with E-state index in [4.69, 9.17) is 10.5 Å². The van der Waals surface area contributed by atoms with Gasteiger partial charge < -0.3 is 15.8 Å². The first-order chi connectivity index (χ1) is 10.6. The molecule has 0 spiro atoms. The Morgan fingerprint density at radius 1 is 1.32 bits per heavy atom. The number of benzene rings is 1. The molecule has 1 aromatic rings. The molecule has 2 rings (SSSR count). The number of nitrogens with two attached hydrogens (primary N) is 1. The molecule has 1 amide bonds. The van der Waals surface area contributed by atoms with E-state index in [1.54, 1.807) is 24.3 Å². The zero-order valence-electron chi connectivity index (χ0n) is 13.0. The SMILES string of the molecule is COC(=O)[C@@H](CC1CCCCC1)NC(=O)c1cccc(N)c1. The van der Waals surface area contributed by atoms with E-state index in [9.17, 15) is 9.59 Å². The topological polar surface area (TPSA) is 81.4 Å². The monoisotopic (exact) mass is 304 g/mol. The molecule has 1 fully saturated rings. The molecule has 0 unspecified atom stereocenters. The molecular weight excluding hydrogens is 280 g/mol. The zero-order valence-corrected chi connectivity index (χ0v) is 13.0. The summed E-state index contributed by atoms with van der Waals surface area (Å²) < 4.78 is 4.84. The van der Waals surface area contributed by atoms with Gasteiger partial charge in [0.2, 0.25) is 0 Å². The Hall–Kier alpha value is -2.04. The van der Waals surface area contributed by atoms with E-state index in [1.807, 2.05) is 0 Å². The summed E-state index contributed by atoms with van der Waals surface area (Å²) in [5, 5.41) is 2.79. The number of esters is 1. The maximum Gasteiger partial charge on any atom is 0.328 e. The van der Waals surface area contributed by atoms with Crippen LogP contribution < -0.4 is 11.1 Å². The second-order valence-corrected chi connectivity index (χ2v) is 5.91. The van der Waals surface area contributed by atoms with E-state index in [2.05, 4.69) is 5.32 Å². The summed E-state index contributed by atoms with van der Waals surface area (Å²) in [7, 11) is 1.35. The summed E-state index contributed by atoms with van der Waals surface area (Å²) >= 11 is 0. The number of methoxy groups -OCH3 is 1. The van der Waals surface area contributed by atoms with Crippen LogP contribution in [0.2, 0.25) is 0 Å². The van der Waals surface area contributed by atoms with Crippen LogP contribution >= 0.6 is 0 Å². The predicted octanol–water partition coefficient (Wildman–Crippen LogP) is 2.51. The molecule has 1 aliphatic carbocycles. The quantitative estimate of drug-likeness (QED) is 0.647. The first-order valence-corrected chi connectivity index (χ1v) is 7.84. The number of amides is 1. The summed E-state index contributed by atoms with van der Waals surface area (Å²) in [6, 6.07) is 6.13. The molecule has 22 heavy (non-hydrogen) atoms. The Kier molecular flexibility index (Phi) is 5.81. The van der Waals surface area contributed by atoms with E-state index >= 15 is 0 Å². The number of carbonyl (C=O) groups excluding carboxylic acids is 2. The summed E-state index contributed by atoms with van der Waals surface area (Å²) in [5.74, 6) is -0.208. The van der Waals surface area contributed by atoms with E-state index < -0.39 is 6.04 Å². The van der Waals surface area contributed by atoms with Crippen molar-refractivity contribution in [1.82, 2.24) is 5.32 Å². The van der Waals surface area contributed by atoms with Gasteiger partial charge in [0.25, 0.3) is 5.91 Å². The van der Waals surface area contributed by atoms with Crippen LogP contribution in [-0.4, -0.2) is 25.0 Å². The van der Waals surface area contributed by atoms with Gasteiger partial charge in [0.15, 0.2) is 0 Å². The maximum absolute atomic E-state index is 12.3. The van der Waals surface area contributed by atoms with Crippen LogP contribution in [-0.2, 0) is 9.53 Å². The van der Waals surface area contributed by atoms with E-state index in [0.717, 1.165) is 12.8 Å². The zero-order chi connectivity index (χ0) is 15.9. The van der Waals surface area contributed by atoms with Crippen molar-refractivity contribution < 1.29 is 14.3 Å². The van der Waals surface area contributed by atoms with E-state index in [1.165, 1.54) is 26.4 Å². The normalized spacial score (nSPS) is 16.8. The molecule has 1 saturated carbocycles. The predicted molar refractivity (Wildman–Crippen MR) is 85.3 cm³/mol. The van der Waals surface area contributed by atoms with Crippen molar-refractivity contribution in [3.8, 4) is 0 Å². The third-order valence-electron chi connectivity index (χ3n) is 4.23.